The smallest absolute Gasteiger partial charge is 0.0336 e. The van der Waals surface area contributed by atoms with E-state index in [9.17, 15) is 0 Å². The molecule has 0 aliphatic heterocycles. The van der Waals surface area contributed by atoms with E-state index in [0.29, 0.717) is 10.2 Å². The van der Waals surface area contributed by atoms with Crippen LogP contribution in [-0.2, 0) is 0 Å². The number of halogens is 3. The van der Waals surface area contributed by atoms with Gasteiger partial charge in [0.15, 0.2) is 0 Å². The average Bonchev–Trinajstić information content (AvgIpc) is 2.38. The number of hydrogen-bond donors (Lipinski definition) is 0. The summed E-state index contributed by atoms with van der Waals surface area (Å²) < 4.78 is 0. The molecule has 0 aromatic rings. The number of alkyl halides is 3. The van der Waals surface area contributed by atoms with Crippen molar-refractivity contribution >= 4 is 39.1 Å². The van der Waals surface area contributed by atoms with Gasteiger partial charge in [-0.3, -0.25) is 0 Å². The molecule has 0 rings (SSSR count). The first-order chi connectivity index (χ1) is 8.70. The van der Waals surface area contributed by atoms with E-state index in [4.69, 9.17) is 23.2 Å². The molecule has 0 bridgehead atoms. The van der Waals surface area contributed by atoms with E-state index in [1.807, 2.05) is 0 Å². The maximum atomic E-state index is 6.24. The largest absolute Gasteiger partial charge is 0.127 e. The molecule has 0 heterocycles. The predicted octanol–water partition coefficient (Wildman–Crippen LogP) is 6.91. The Balaban J connectivity index is 3.28. The normalized spacial score (nSPS) is 14.7. The van der Waals surface area contributed by atoms with Gasteiger partial charge < -0.3 is 0 Å². The lowest BCUT2D eigenvalue weighted by molar-refractivity contribution is 0.557. The van der Waals surface area contributed by atoms with Crippen LogP contribution in [0.5, 0.6) is 0 Å². The topological polar surface area (TPSA) is 0 Å². The van der Waals surface area contributed by atoms with E-state index in [2.05, 4.69) is 22.9 Å². The molecule has 0 fully saturated rings. The molecular formula is C15H29BrCl2. The van der Waals surface area contributed by atoms with Crippen LogP contribution in [0.25, 0.3) is 0 Å². The highest BCUT2D eigenvalue weighted by Gasteiger charge is 2.09. The maximum Gasteiger partial charge on any atom is 0.0336 e. The maximum absolute atomic E-state index is 6.24. The van der Waals surface area contributed by atoms with Crippen LogP contribution >= 0.6 is 39.1 Å². The van der Waals surface area contributed by atoms with Crippen LogP contribution in [0.2, 0.25) is 0 Å². The molecule has 0 spiro atoms. The van der Waals surface area contributed by atoms with E-state index in [-0.39, 0.29) is 0 Å². The molecule has 2 atom stereocenters. The van der Waals surface area contributed by atoms with Crippen molar-refractivity contribution in [3.05, 3.63) is 0 Å². The first-order valence-electron chi connectivity index (χ1n) is 7.54. The van der Waals surface area contributed by atoms with Crippen molar-refractivity contribution in [2.45, 2.75) is 87.8 Å². The average molecular weight is 360 g/mol. The Morgan fingerprint density at radius 2 is 1.50 bits per heavy atom. The highest BCUT2D eigenvalue weighted by atomic mass is 79.9. The highest BCUT2D eigenvalue weighted by molar-refractivity contribution is 9.09. The highest BCUT2D eigenvalue weighted by Crippen LogP contribution is 2.21. The van der Waals surface area contributed by atoms with Gasteiger partial charge in [-0.2, -0.15) is 0 Å². The van der Waals surface area contributed by atoms with Crippen LogP contribution in [0.15, 0.2) is 0 Å². The lowest BCUT2D eigenvalue weighted by Crippen LogP contribution is -2.05. The van der Waals surface area contributed by atoms with Crippen LogP contribution in [0.4, 0.5) is 0 Å². The number of hydrogen-bond acceptors (Lipinski definition) is 0. The minimum Gasteiger partial charge on any atom is -0.127 e. The second-order valence-corrected chi connectivity index (χ2v) is 7.45. The minimum atomic E-state index is 0.313. The zero-order valence-electron chi connectivity index (χ0n) is 11.8. The third kappa shape index (κ3) is 13.5. The summed E-state index contributed by atoms with van der Waals surface area (Å²) in [6.45, 7) is 2.27. The van der Waals surface area contributed by atoms with Crippen LogP contribution < -0.4 is 0 Å². The summed E-state index contributed by atoms with van der Waals surface area (Å²) >= 11 is 15.7. The Kier molecular flexibility index (Phi) is 15.3. The second-order valence-electron chi connectivity index (χ2n) is 5.16. The van der Waals surface area contributed by atoms with Gasteiger partial charge in [-0.05, 0) is 32.1 Å². The molecule has 0 N–H and O–H groups in total. The van der Waals surface area contributed by atoms with Gasteiger partial charge in [0.25, 0.3) is 0 Å². The summed E-state index contributed by atoms with van der Waals surface area (Å²) in [7, 11) is 0. The van der Waals surface area contributed by atoms with Crippen molar-refractivity contribution in [3.63, 3.8) is 0 Å². The fraction of sp³-hybridized carbons (Fsp3) is 1.00. The van der Waals surface area contributed by atoms with E-state index < -0.39 is 0 Å². The summed E-state index contributed by atoms with van der Waals surface area (Å²) in [5.74, 6) is 0.735. The molecule has 3 heteroatoms. The monoisotopic (exact) mass is 358 g/mol. The zero-order chi connectivity index (χ0) is 13.6. The summed E-state index contributed by atoms with van der Waals surface area (Å²) in [5.41, 5.74) is 0. The summed E-state index contributed by atoms with van der Waals surface area (Å²) in [5, 5.41) is 0.313. The van der Waals surface area contributed by atoms with Gasteiger partial charge in [0.1, 0.15) is 0 Å². The van der Waals surface area contributed by atoms with Crippen LogP contribution in [0.1, 0.15) is 77.6 Å². The SMILES string of the molecule is CCCCCCCCC(Br)CCC(Cl)CCCCl. The van der Waals surface area contributed by atoms with E-state index >= 15 is 0 Å². The Morgan fingerprint density at radius 3 is 2.17 bits per heavy atom. The lowest BCUT2D eigenvalue weighted by atomic mass is 10.0. The minimum absolute atomic E-state index is 0.313. The van der Waals surface area contributed by atoms with Crippen LogP contribution in [0, 0.1) is 0 Å². The van der Waals surface area contributed by atoms with Crippen molar-refractivity contribution in [2.24, 2.45) is 0 Å². The molecule has 0 aromatic heterocycles. The molecule has 0 saturated heterocycles. The third-order valence-corrected chi connectivity index (χ3v) is 4.93. The summed E-state index contributed by atoms with van der Waals surface area (Å²) in [6, 6.07) is 0. The Hall–Kier alpha value is 1.06. The van der Waals surface area contributed by atoms with E-state index in [1.165, 1.54) is 51.4 Å². The fourth-order valence-electron chi connectivity index (χ4n) is 2.10. The number of rotatable bonds is 13. The van der Waals surface area contributed by atoms with E-state index in [1.54, 1.807) is 0 Å². The molecule has 18 heavy (non-hydrogen) atoms. The van der Waals surface area contributed by atoms with Gasteiger partial charge in [-0.25, -0.2) is 0 Å². The molecule has 2 unspecified atom stereocenters. The van der Waals surface area contributed by atoms with Crippen molar-refractivity contribution in [1.29, 1.82) is 0 Å². The van der Waals surface area contributed by atoms with Gasteiger partial charge in [-0.15, -0.1) is 23.2 Å². The van der Waals surface area contributed by atoms with Gasteiger partial charge in [0.2, 0.25) is 0 Å². The molecule has 0 nitrogen and oxygen atoms in total. The first kappa shape index (κ1) is 19.1. The molecule has 0 saturated carbocycles. The molecule has 0 aliphatic rings. The van der Waals surface area contributed by atoms with Crippen LogP contribution in [-0.4, -0.2) is 16.1 Å². The third-order valence-electron chi connectivity index (χ3n) is 3.32. The van der Waals surface area contributed by atoms with Gasteiger partial charge >= 0.3 is 0 Å². The Labute approximate surface area is 132 Å². The molecular weight excluding hydrogens is 331 g/mol. The predicted molar refractivity (Wildman–Crippen MR) is 89.5 cm³/mol. The number of unbranched alkanes of at least 4 members (excludes halogenated alkanes) is 5. The fourth-order valence-corrected chi connectivity index (χ4v) is 3.12. The molecule has 0 aliphatic carbocycles. The standard InChI is InChI=1S/C15H29BrCl2/c1-2-3-4-5-6-7-9-14(16)11-12-15(18)10-8-13-17/h14-15H,2-13H2,1H3. The van der Waals surface area contributed by atoms with Crippen molar-refractivity contribution in [1.82, 2.24) is 0 Å². The van der Waals surface area contributed by atoms with Gasteiger partial charge in [-0.1, -0.05) is 61.4 Å². The van der Waals surface area contributed by atoms with Gasteiger partial charge in [0.05, 0.1) is 0 Å². The molecule has 110 valence electrons. The first-order valence-corrected chi connectivity index (χ1v) is 9.43. The zero-order valence-corrected chi connectivity index (χ0v) is 14.9. The van der Waals surface area contributed by atoms with Gasteiger partial charge in [0, 0.05) is 16.1 Å². The quantitative estimate of drug-likeness (QED) is 0.247. The second kappa shape index (κ2) is 14.5. The summed E-state index contributed by atoms with van der Waals surface area (Å²) in [6.07, 6.45) is 14.0. The van der Waals surface area contributed by atoms with Crippen molar-refractivity contribution < 1.29 is 0 Å². The lowest BCUT2D eigenvalue weighted by Gasteiger charge is -2.12. The molecule has 0 amide bonds. The summed E-state index contributed by atoms with van der Waals surface area (Å²) in [4.78, 5) is 0.654. The molecule has 0 aromatic carbocycles. The van der Waals surface area contributed by atoms with Crippen LogP contribution in [0.3, 0.4) is 0 Å². The van der Waals surface area contributed by atoms with Crippen molar-refractivity contribution in [3.8, 4) is 0 Å². The Bertz CT molecular complexity index is 165. The molecule has 0 radical (unpaired) electrons. The van der Waals surface area contributed by atoms with E-state index in [0.717, 1.165) is 25.1 Å². The van der Waals surface area contributed by atoms with Crippen molar-refractivity contribution in [2.75, 3.05) is 5.88 Å². The Morgan fingerprint density at radius 1 is 0.833 bits per heavy atom.